The first-order valence-corrected chi connectivity index (χ1v) is 24.0. The highest BCUT2D eigenvalue weighted by Crippen LogP contribution is 2.36. The Morgan fingerprint density at radius 2 is 0.818 bits per heavy atom. The predicted octanol–water partition coefficient (Wildman–Crippen LogP) is 13.9. The molecule has 0 fully saturated rings. The van der Waals surface area contributed by atoms with Crippen LogP contribution in [0, 0.1) is 0 Å². The lowest BCUT2D eigenvalue weighted by Crippen LogP contribution is -2.29. The van der Waals surface area contributed by atoms with Crippen molar-refractivity contribution in [2.45, 2.75) is 219 Å². The van der Waals surface area contributed by atoms with Gasteiger partial charge in [-0.3, -0.25) is 14.1 Å². The number of allylic oxidation sites excluding steroid dienone is 8. The van der Waals surface area contributed by atoms with Crippen molar-refractivity contribution in [2.24, 2.45) is 0 Å². The summed E-state index contributed by atoms with van der Waals surface area (Å²) in [5.74, 6) is -0.915. The maximum Gasteiger partial charge on any atom is 0.469 e. The Morgan fingerprint density at radius 1 is 0.473 bits per heavy atom. The molecule has 9 heteroatoms. The van der Waals surface area contributed by atoms with Crippen LogP contribution in [0.1, 0.15) is 213 Å². The van der Waals surface area contributed by atoms with Gasteiger partial charge in [0, 0.05) is 12.8 Å². The second-order valence-corrected chi connectivity index (χ2v) is 16.3. The van der Waals surface area contributed by atoms with E-state index in [0.29, 0.717) is 6.42 Å². The van der Waals surface area contributed by atoms with E-state index in [1.807, 2.05) is 0 Å². The number of phosphoric acid groups is 1. The maximum atomic E-state index is 12.4. The molecule has 0 saturated heterocycles. The molecule has 2 N–H and O–H groups in total. The van der Waals surface area contributed by atoms with Crippen LogP contribution < -0.4 is 0 Å². The quantitative estimate of drug-likeness (QED) is 0.0272. The van der Waals surface area contributed by atoms with Gasteiger partial charge in [0.25, 0.3) is 0 Å². The second-order valence-electron chi connectivity index (χ2n) is 15.0. The molecule has 0 radical (unpaired) electrons. The largest absolute Gasteiger partial charge is 0.469 e. The fourth-order valence-electron chi connectivity index (χ4n) is 6.24. The molecule has 0 heterocycles. The normalized spacial score (nSPS) is 12.9. The highest BCUT2D eigenvalue weighted by Gasteiger charge is 2.22. The molecule has 0 rings (SSSR count). The molecule has 0 spiro atoms. The van der Waals surface area contributed by atoms with Crippen molar-refractivity contribution in [1.29, 1.82) is 0 Å². The van der Waals surface area contributed by atoms with Crippen LogP contribution >= 0.6 is 7.82 Å². The van der Waals surface area contributed by atoms with Crippen LogP contribution in [-0.4, -0.2) is 41.0 Å². The van der Waals surface area contributed by atoms with Crippen LogP contribution in [0.3, 0.4) is 0 Å². The Morgan fingerprint density at radius 3 is 1.25 bits per heavy atom. The summed E-state index contributed by atoms with van der Waals surface area (Å²) in [4.78, 5) is 42.9. The molecule has 0 aromatic heterocycles. The van der Waals surface area contributed by atoms with E-state index in [1.165, 1.54) is 122 Å². The number of ether oxygens (including phenoxy) is 2. The second kappa shape index (κ2) is 41.6. The molecular weight excluding hydrogens is 711 g/mol. The molecule has 0 aliphatic carbocycles. The van der Waals surface area contributed by atoms with Crippen molar-refractivity contribution >= 4 is 19.8 Å². The fraction of sp³-hybridized carbons (Fsp3) is 0.783. The average molecular weight is 795 g/mol. The molecule has 0 bridgehead atoms. The number of rotatable bonds is 41. The van der Waals surface area contributed by atoms with Crippen LogP contribution in [0.5, 0.6) is 0 Å². The molecule has 0 amide bonds. The van der Waals surface area contributed by atoms with E-state index in [2.05, 4.69) is 67.0 Å². The van der Waals surface area contributed by atoms with Gasteiger partial charge in [0.15, 0.2) is 6.10 Å². The molecule has 55 heavy (non-hydrogen) atoms. The summed E-state index contributed by atoms with van der Waals surface area (Å²) < 4.78 is 26.4. The molecule has 320 valence electrons. The standard InChI is InChI=1S/C46H83O8P/c1-3-5-7-9-11-13-15-17-19-21-23-25-27-29-31-33-35-37-39-41-46(48)54-44(43-53-55(49,50)51)42-52-45(47)40-38-36-34-32-30-28-26-24-22-20-18-16-14-12-10-8-6-4-2/h11,13,17,19,23,25,29,31,44H,3-10,12,14-16,18,20-22,24,26-28,30,32-43H2,1-2H3,(H2,49,50,51)/b13-11+,19-17+,25-23+,31-29+/t44-/m1/s1. The summed E-state index contributed by atoms with van der Waals surface area (Å²) in [6.45, 7) is 3.65. The minimum Gasteiger partial charge on any atom is -0.462 e. The number of carbonyl (C=O) groups is 2. The minimum atomic E-state index is -4.76. The van der Waals surface area contributed by atoms with Gasteiger partial charge in [-0.15, -0.1) is 0 Å². The third-order valence-electron chi connectivity index (χ3n) is 9.60. The number of unbranched alkanes of at least 4 members (excludes halogenated alkanes) is 23. The van der Waals surface area contributed by atoms with Crippen molar-refractivity contribution < 1.29 is 37.9 Å². The third-order valence-corrected chi connectivity index (χ3v) is 10.1. The summed E-state index contributed by atoms with van der Waals surface area (Å²) in [7, 11) is -4.76. The van der Waals surface area contributed by atoms with Gasteiger partial charge in [-0.25, -0.2) is 4.57 Å². The molecule has 0 saturated carbocycles. The highest BCUT2D eigenvalue weighted by molar-refractivity contribution is 7.46. The van der Waals surface area contributed by atoms with Gasteiger partial charge in [-0.05, 0) is 57.8 Å². The van der Waals surface area contributed by atoms with Crippen LogP contribution in [0.25, 0.3) is 0 Å². The first-order chi connectivity index (χ1) is 26.8. The van der Waals surface area contributed by atoms with E-state index in [0.717, 1.165) is 57.8 Å². The minimum absolute atomic E-state index is 0.175. The third kappa shape index (κ3) is 44.6. The summed E-state index contributed by atoms with van der Waals surface area (Å²) in [6, 6.07) is 0. The molecule has 0 aromatic rings. The van der Waals surface area contributed by atoms with E-state index in [9.17, 15) is 14.2 Å². The summed E-state index contributed by atoms with van der Waals surface area (Å²) in [5.41, 5.74) is 0. The van der Waals surface area contributed by atoms with E-state index < -0.39 is 32.5 Å². The van der Waals surface area contributed by atoms with E-state index in [1.54, 1.807) is 0 Å². The zero-order valence-electron chi connectivity index (χ0n) is 35.3. The van der Waals surface area contributed by atoms with Crippen LogP contribution in [0.4, 0.5) is 0 Å². The fourth-order valence-corrected chi connectivity index (χ4v) is 6.60. The van der Waals surface area contributed by atoms with Gasteiger partial charge in [0.05, 0.1) is 6.61 Å². The number of hydrogen-bond acceptors (Lipinski definition) is 6. The zero-order valence-corrected chi connectivity index (χ0v) is 36.2. The number of esters is 2. The van der Waals surface area contributed by atoms with Gasteiger partial charge in [-0.1, -0.05) is 191 Å². The molecule has 0 aromatic carbocycles. The van der Waals surface area contributed by atoms with Crippen molar-refractivity contribution in [1.82, 2.24) is 0 Å². The van der Waals surface area contributed by atoms with Crippen LogP contribution in [-0.2, 0) is 28.2 Å². The summed E-state index contributed by atoms with van der Waals surface area (Å²) >= 11 is 0. The Labute approximate surface area is 337 Å². The molecular formula is C46H83O8P. The van der Waals surface area contributed by atoms with E-state index in [4.69, 9.17) is 19.3 Å². The van der Waals surface area contributed by atoms with Crippen molar-refractivity contribution in [3.8, 4) is 0 Å². The Hall–Kier alpha value is -1.99. The SMILES string of the molecule is CCCCC/C=C/C/C=C/C/C=C/C/C=C/CCCCCC(=O)O[C@H](COC(=O)CCCCCCCCCCCCCCCCCCCC)COP(=O)(O)O. The topological polar surface area (TPSA) is 119 Å². The van der Waals surface area contributed by atoms with E-state index in [-0.39, 0.29) is 19.4 Å². The zero-order chi connectivity index (χ0) is 40.3. The first kappa shape index (κ1) is 53.0. The average Bonchev–Trinajstić information content (AvgIpc) is 3.16. The van der Waals surface area contributed by atoms with Gasteiger partial charge < -0.3 is 19.3 Å². The number of phosphoric ester groups is 1. The summed E-state index contributed by atoms with van der Waals surface area (Å²) in [5, 5.41) is 0. The smallest absolute Gasteiger partial charge is 0.462 e. The lowest BCUT2D eigenvalue weighted by molar-refractivity contribution is -0.161. The van der Waals surface area contributed by atoms with Gasteiger partial charge >= 0.3 is 19.8 Å². The van der Waals surface area contributed by atoms with Crippen LogP contribution in [0.2, 0.25) is 0 Å². The van der Waals surface area contributed by atoms with Gasteiger partial charge in [-0.2, -0.15) is 0 Å². The highest BCUT2D eigenvalue weighted by atomic mass is 31.2. The molecule has 1 atom stereocenters. The predicted molar refractivity (Wildman–Crippen MR) is 230 cm³/mol. The lowest BCUT2D eigenvalue weighted by Gasteiger charge is -2.18. The van der Waals surface area contributed by atoms with Crippen LogP contribution in [0.15, 0.2) is 48.6 Å². The van der Waals surface area contributed by atoms with Gasteiger partial charge in [0.2, 0.25) is 0 Å². The summed E-state index contributed by atoms with van der Waals surface area (Å²) in [6.07, 6.45) is 51.2. The number of carbonyl (C=O) groups excluding carboxylic acids is 2. The van der Waals surface area contributed by atoms with Crippen molar-refractivity contribution in [3.05, 3.63) is 48.6 Å². The van der Waals surface area contributed by atoms with Crippen molar-refractivity contribution in [2.75, 3.05) is 13.2 Å². The van der Waals surface area contributed by atoms with Crippen molar-refractivity contribution in [3.63, 3.8) is 0 Å². The molecule has 0 unspecified atom stereocenters. The first-order valence-electron chi connectivity index (χ1n) is 22.4. The molecule has 0 aliphatic rings. The maximum absolute atomic E-state index is 12.4. The molecule has 0 aliphatic heterocycles. The Bertz CT molecular complexity index is 1030. The Kier molecular flexibility index (Phi) is 40.1. The number of hydrogen-bond donors (Lipinski definition) is 2. The monoisotopic (exact) mass is 795 g/mol. The van der Waals surface area contributed by atoms with E-state index >= 15 is 0 Å². The van der Waals surface area contributed by atoms with Gasteiger partial charge in [0.1, 0.15) is 6.61 Å². The molecule has 8 nitrogen and oxygen atoms in total. The lowest BCUT2D eigenvalue weighted by atomic mass is 10.0. The Balaban J connectivity index is 3.94.